The van der Waals surface area contributed by atoms with Gasteiger partial charge in [-0.05, 0) is 30.0 Å². The number of phenolic OH excluding ortho intramolecular Hbond substituents is 1. The number of benzene rings is 2. The second-order valence-electron chi connectivity index (χ2n) is 5.79. The van der Waals surface area contributed by atoms with Crippen LogP contribution in [0, 0.1) is 5.41 Å². The average Bonchev–Trinajstić information content (AvgIpc) is 2.69. The molecule has 4 heteroatoms. The highest BCUT2D eigenvalue weighted by Gasteiger charge is 2.43. The molecular weight excluding hydrogens is 307 g/mol. The van der Waals surface area contributed by atoms with Crippen LogP contribution < -0.4 is 0 Å². The van der Waals surface area contributed by atoms with Gasteiger partial charge < -0.3 is 5.11 Å². The third-order valence-corrected chi connectivity index (χ3v) is 4.92. The van der Waals surface area contributed by atoms with Crippen molar-refractivity contribution in [3.8, 4) is 5.75 Å². The number of phenols is 1. The summed E-state index contributed by atoms with van der Waals surface area (Å²) in [5, 5.41) is 9.99. The molecule has 2 aromatic rings. The van der Waals surface area contributed by atoms with Crippen LogP contribution in [0.2, 0.25) is 10.0 Å². The lowest BCUT2D eigenvalue weighted by atomic mass is 9.80. The number of carbonyl (C=O) groups is 1. The molecule has 0 radical (unpaired) electrons. The topological polar surface area (TPSA) is 37.3 Å². The van der Waals surface area contributed by atoms with Crippen molar-refractivity contribution >= 4 is 29.0 Å². The Morgan fingerprint density at radius 3 is 2.52 bits per heavy atom. The maximum absolute atomic E-state index is 12.8. The lowest BCUT2D eigenvalue weighted by Crippen LogP contribution is -2.26. The summed E-state index contributed by atoms with van der Waals surface area (Å²) in [4.78, 5) is 12.8. The first kappa shape index (κ1) is 14.4. The van der Waals surface area contributed by atoms with Crippen LogP contribution in [0.3, 0.4) is 0 Å². The van der Waals surface area contributed by atoms with Gasteiger partial charge >= 0.3 is 0 Å². The summed E-state index contributed by atoms with van der Waals surface area (Å²) < 4.78 is 0. The van der Waals surface area contributed by atoms with Gasteiger partial charge in [0.25, 0.3) is 0 Å². The van der Waals surface area contributed by atoms with Crippen LogP contribution in [0.4, 0.5) is 0 Å². The first-order valence-corrected chi connectivity index (χ1v) is 7.46. The fraction of sp³-hybridized carbons (Fsp3) is 0.235. The van der Waals surface area contributed by atoms with E-state index in [1.54, 1.807) is 6.07 Å². The van der Waals surface area contributed by atoms with Crippen molar-refractivity contribution in [2.45, 2.75) is 19.8 Å². The molecule has 108 valence electrons. The Morgan fingerprint density at radius 1 is 1.19 bits per heavy atom. The lowest BCUT2D eigenvalue weighted by molar-refractivity contribution is 0.0842. The molecule has 0 aromatic heterocycles. The fourth-order valence-corrected chi connectivity index (χ4v) is 3.49. The highest BCUT2D eigenvalue weighted by atomic mass is 35.5. The molecule has 0 fully saturated rings. The molecule has 2 aromatic carbocycles. The van der Waals surface area contributed by atoms with Crippen LogP contribution in [0.5, 0.6) is 5.75 Å². The molecule has 0 heterocycles. The van der Waals surface area contributed by atoms with Crippen molar-refractivity contribution < 1.29 is 9.90 Å². The van der Waals surface area contributed by atoms with E-state index in [4.69, 9.17) is 23.2 Å². The summed E-state index contributed by atoms with van der Waals surface area (Å²) in [7, 11) is 0. The van der Waals surface area contributed by atoms with Crippen LogP contribution in [0.1, 0.15) is 28.4 Å². The number of carbonyl (C=O) groups excluding carboxylic acids is 1. The summed E-state index contributed by atoms with van der Waals surface area (Å²) >= 11 is 12.1. The number of aromatic hydroxyl groups is 1. The third-order valence-electron chi connectivity index (χ3n) is 4.06. The van der Waals surface area contributed by atoms with Gasteiger partial charge in [-0.25, -0.2) is 0 Å². The molecule has 1 atom stereocenters. The first-order valence-electron chi connectivity index (χ1n) is 6.71. The van der Waals surface area contributed by atoms with E-state index in [1.165, 1.54) is 0 Å². The Balaban J connectivity index is 2.02. The average molecular weight is 321 g/mol. The minimum absolute atomic E-state index is 0.00625. The van der Waals surface area contributed by atoms with Crippen LogP contribution in [0.15, 0.2) is 36.4 Å². The largest absolute Gasteiger partial charge is 0.506 e. The van der Waals surface area contributed by atoms with Crippen molar-refractivity contribution in [3.05, 3.63) is 63.1 Å². The Labute approximate surface area is 133 Å². The van der Waals surface area contributed by atoms with Crippen LogP contribution in [0.25, 0.3) is 0 Å². The van der Waals surface area contributed by atoms with Gasteiger partial charge in [0.05, 0.1) is 5.02 Å². The molecule has 0 saturated carbocycles. The molecule has 0 saturated heterocycles. The minimum atomic E-state index is -0.551. The van der Waals surface area contributed by atoms with Crippen LogP contribution in [-0.4, -0.2) is 10.9 Å². The van der Waals surface area contributed by atoms with Gasteiger partial charge in [-0.2, -0.15) is 0 Å². The molecule has 1 aliphatic carbocycles. The highest BCUT2D eigenvalue weighted by molar-refractivity contribution is 6.45. The van der Waals surface area contributed by atoms with E-state index in [9.17, 15) is 9.90 Å². The first-order chi connectivity index (χ1) is 9.92. The maximum Gasteiger partial charge on any atom is 0.171 e. The molecule has 0 bridgehead atoms. The van der Waals surface area contributed by atoms with E-state index in [-0.39, 0.29) is 21.6 Å². The monoisotopic (exact) mass is 320 g/mol. The lowest BCUT2D eigenvalue weighted by Gasteiger charge is -2.21. The van der Waals surface area contributed by atoms with E-state index < -0.39 is 5.41 Å². The standard InChI is InChI=1S/C17H14Cl2O2/c1-17(8-10-5-3-2-4-6-10)9-11-7-12(20)14(18)15(19)13(11)16(17)21/h2-7,20H,8-9H2,1H3/t17-/m0/s1. The van der Waals surface area contributed by atoms with E-state index in [0.717, 1.165) is 11.1 Å². The number of hydrogen-bond donors (Lipinski definition) is 1. The van der Waals surface area contributed by atoms with Crippen molar-refractivity contribution in [2.24, 2.45) is 5.41 Å². The van der Waals surface area contributed by atoms with Crippen LogP contribution in [-0.2, 0) is 12.8 Å². The zero-order valence-electron chi connectivity index (χ0n) is 11.5. The Hall–Kier alpha value is -1.51. The molecule has 0 unspecified atom stereocenters. The molecule has 0 amide bonds. The molecule has 3 rings (SSSR count). The smallest absolute Gasteiger partial charge is 0.171 e. The van der Waals surface area contributed by atoms with Gasteiger partial charge in [-0.3, -0.25) is 4.79 Å². The molecule has 0 aliphatic heterocycles. The fourth-order valence-electron chi connectivity index (χ4n) is 3.04. The summed E-state index contributed by atoms with van der Waals surface area (Å²) in [6.07, 6.45) is 1.19. The summed E-state index contributed by atoms with van der Waals surface area (Å²) in [6, 6.07) is 11.4. The van der Waals surface area contributed by atoms with E-state index >= 15 is 0 Å². The summed E-state index contributed by atoms with van der Waals surface area (Å²) in [6.45, 7) is 1.93. The SMILES string of the molecule is C[C@]1(Cc2ccccc2)Cc2cc(O)c(Cl)c(Cl)c2C1=O. The van der Waals surface area contributed by atoms with E-state index in [2.05, 4.69) is 0 Å². The predicted molar refractivity (Wildman–Crippen MR) is 84.4 cm³/mol. The molecule has 21 heavy (non-hydrogen) atoms. The minimum Gasteiger partial charge on any atom is -0.506 e. The van der Waals surface area contributed by atoms with Gasteiger partial charge in [0, 0.05) is 11.0 Å². The molecule has 2 nitrogen and oxygen atoms in total. The predicted octanol–water partition coefficient (Wildman–Crippen LogP) is 4.69. The van der Waals surface area contributed by atoms with E-state index in [0.29, 0.717) is 18.4 Å². The molecule has 1 aliphatic rings. The second kappa shape index (κ2) is 5.04. The Morgan fingerprint density at radius 2 is 1.86 bits per heavy atom. The van der Waals surface area contributed by atoms with Gasteiger partial charge in [0.1, 0.15) is 10.8 Å². The van der Waals surface area contributed by atoms with Crippen molar-refractivity contribution in [2.75, 3.05) is 0 Å². The van der Waals surface area contributed by atoms with Gasteiger partial charge in [0.2, 0.25) is 0 Å². The van der Waals surface area contributed by atoms with E-state index in [1.807, 2.05) is 37.3 Å². The quantitative estimate of drug-likeness (QED) is 0.871. The zero-order valence-corrected chi connectivity index (χ0v) is 13.0. The second-order valence-corrected chi connectivity index (χ2v) is 6.54. The van der Waals surface area contributed by atoms with Gasteiger partial charge in [-0.1, -0.05) is 60.5 Å². The highest BCUT2D eigenvalue weighted by Crippen LogP contribution is 2.46. The maximum atomic E-state index is 12.8. The van der Waals surface area contributed by atoms with Crippen molar-refractivity contribution in [1.82, 2.24) is 0 Å². The number of rotatable bonds is 2. The number of hydrogen-bond acceptors (Lipinski definition) is 2. The number of Topliss-reactive ketones (excluding diaryl/α,β-unsaturated/α-hetero) is 1. The molecule has 0 spiro atoms. The summed E-state index contributed by atoms with van der Waals surface area (Å²) in [5.41, 5.74) is 1.78. The van der Waals surface area contributed by atoms with Crippen molar-refractivity contribution in [3.63, 3.8) is 0 Å². The number of fused-ring (bicyclic) bond motifs is 1. The van der Waals surface area contributed by atoms with Crippen molar-refractivity contribution in [1.29, 1.82) is 0 Å². The normalized spacial score (nSPS) is 20.6. The number of halogens is 2. The van der Waals surface area contributed by atoms with Gasteiger partial charge in [-0.15, -0.1) is 0 Å². The number of ketones is 1. The zero-order chi connectivity index (χ0) is 15.2. The Bertz CT molecular complexity index is 725. The third kappa shape index (κ3) is 2.33. The summed E-state index contributed by atoms with van der Waals surface area (Å²) in [5.74, 6) is -0.0783. The molecular formula is C17H14Cl2O2. The Kier molecular flexibility index (Phi) is 3.46. The molecule has 1 N–H and O–H groups in total. The van der Waals surface area contributed by atoms with Crippen LogP contribution >= 0.6 is 23.2 Å². The van der Waals surface area contributed by atoms with Gasteiger partial charge in [0.15, 0.2) is 5.78 Å².